The smallest absolute Gasteiger partial charge is 0.136 e. The van der Waals surface area contributed by atoms with E-state index in [1.165, 1.54) is 0 Å². The Kier molecular flexibility index (Phi) is 9.79. The molecule has 6 nitrogen and oxygen atoms in total. The van der Waals surface area contributed by atoms with Gasteiger partial charge in [0.05, 0.1) is 46.5 Å². The van der Waals surface area contributed by atoms with Gasteiger partial charge in [0.25, 0.3) is 0 Å². The maximum absolute atomic E-state index is 9.96. The van der Waals surface area contributed by atoms with Crippen molar-refractivity contribution in [2.45, 2.75) is 13.8 Å². The van der Waals surface area contributed by atoms with Crippen LogP contribution in [0.2, 0.25) is 10.3 Å². The van der Waals surface area contributed by atoms with Crippen LogP contribution in [0.15, 0.2) is 48.8 Å². The van der Waals surface area contributed by atoms with E-state index in [0.717, 1.165) is 51.8 Å². The second-order valence-corrected chi connectivity index (χ2v) is 7.65. The Labute approximate surface area is 210 Å². The predicted molar refractivity (Wildman–Crippen MR) is 142 cm³/mol. The van der Waals surface area contributed by atoms with Crippen molar-refractivity contribution in [3.05, 3.63) is 59.1 Å². The summed E-state index contributed by atoms with van der Waals surface area (Å²) in [5.41, 5.74) is 7.47. The zero-order valence-electron chi connectivity index (χ0n) is 20.6. The number of hydrogen-bond donors (Lipinski definition) is 1. The second kappa shape index (κ2) is 13.0. The minimum atomic E-state index is -1.00. The zero-order valence-corrected chi connectivity index (χ0v) is 21.1. The number of nitrogens with zero attached hydrogens (tertiary/aromatic N) is 3. The van der Waals surface area contributed by atoms with Crippen LogP contribution in [-0.2, 0) is 0 Å². The second-order valence-electron chi connectivity index (χ2n) is 6.93. The Balaban J connectivity index is 0.000000227. The summed E-state index contributed by atoms with van der Waals surface area (Å²) in [6.07, 6.45) is 3.38. The molecule has 0 atom stereocenters. The molecule has 0 saturated heterocycles. The number of halogens is 3. The van der Waals surface area contributed by atoms with E-state index < -0.39 is 7.15 Å². The number of hydrogen-bond acceptors (Lipinski definition) is 6. The first kappa shape index (κ1) is 25.6. The molecule has 4 aromatic rings. The summed E-state index contributed by atoms with van der Waals surface area (Å²) in [5, 5.41) is 4.73. The summed E-state index contributed by atoms with van der Waals surface area (Å²) in [6, 6.07) is 11.4. The molecular weight excluding hydrogens is 478 g/mol. The molecule has 2 aromatic carbocycles. The van der Waals surface area contributed by atoms with Crippen molar-refractivity contribution in [3.63, 3.8) is 0 Å². The van der Waals surface area contributed by atoms with E-state index >= 15 is 0 Å². The van der Waals surface area contributed by atoms with Crippen molar-refractivity contribution in [2.24, 2.45) is 0 Å². The van der Waals surface area contributed by atoms with E-state index in [1.807, 2.05) is 42.6 Å². The number of aromatic nitrogens is 2. The summed E-state index contributed by atoms with van der Waals surface area (Å²) >= 11 is 12.1. The molecule has 2 N–H and O–H groups in total. The minimum Gasteiger partial charge on any atom is -0.497 e. The van der Waals surface area contributed by atoms with Gasteiger partial charge in [-0.1, -0.05) is 23.2 Å². The van der Waals surface area contributed by atoms with E-state index in [1.54, 1.807) is 20.4 Å². The summed E-state index contributed by atoms with van der Waals surface area (Å²) in [4.78, 5) is 10.5. The lowest BCUT2D eigenvalue weighted by molar-refractivity contribution is 0.415. The van der Waals surface area contributed by atoms with E-state index in [9.17, 15) is 4.39 Å². The van der Waals surface area contributed by atoms with Crippen LogP contribution in [0.25, 0.3) is 21.5 Å². The fourth-order valence-electron chi connectivity index (χ4n) is 3.45. The van der Waals surface area contributed by atoms with Crippen molar-refractivity contribution >= 4 is 56.1 Å². The number of nitrogen functional groups attached to an aromatic ring is 1. The molecule has 0 aliphatic heterocycles. The maximum Gasteiger partial charge on any atom is 0.136 e. The molecule has 0 aliphatic carbocycles. The van der Waals surface area contributed by atoms with E-state index in [0.29, 0.717) is 16.0 Å². The lowest BCUT2D eigenvalue weighted by Crippen LogP contribution is -2.22. The third-order valence-corrected chi connectivity index (χ3v) is 5.81. The molecule has 9 heteroatoms. The highest BCUT2D eigenvalue weighted by molar-refractivity contribution is 6.35. The molecule has 0 fully saturated rings. The van der Waals surface area contributed by atoms with Crippen molar-refractivity contribution in [1.82, 2.24) is 9.97 Å². The Bertz CT molecular complexity index is 1260. The standard InChI is InChI=1S/C14H17ClN2O.C10H9ClN2O.CH3F/c1-4-17(5-2)13-9-16-14(15)11-7-6-10(18-3)8-12(11)13;1-14-6-2-3-7-8(4-6)9(12)5-13-10(7)11;1-2/h6-9H,4-5H2,1-3H3;2-5H,12H2,1H3;1H3/i;;1D. The van der Waals surface area contributed by atoms with Gasteiger partial charge in [-0.2, -0.15) is 0 Å². The monoisotopic (exact) mass is 507 g/mol. The highest BCUT2D eigenvalue weighted by Crippen LogP contribution is 2.33. The highest BCUT2D eigenvalue weighted by atomic mass is 35.5. The van der Waals surface area contributed by atoms with Gasteiger partial charge < -0.3 is 20.1 Å². The molecule has 34 heavy (non-hydrogen) atoms. The van der Waals surface area contributed by atoms with Gasteiger partial charge in [0.1, 0.15) is 21.8 Å². The number of benzene rings is 2. The van der Waals surface area contributed by atoms with Crippen molar-refractivity contribution in [2.75, 3.05) is 45.1 Å². The number of anilines is 2. The number of fused-ring (bicyclic) bond motifs is 2. The number of alkyl halides is 1. The first-order chi connectivity index (χ1) is 16.8. The Hall–Kier alpha value is -3.03. The Morgan fingerprint density at radius 2 is 1.35 bits per heavy atom. The maximum atomic E-state index is 9.96. The van der Waals surface area contributed by atoms with Crippen LogP contribution in [0.1, 0.15) is 15.2 Å². The zero-order chi connectivity index (χ0) is 26.0. The van der Waals surface area contributed by atoms with Gasteiger partial charge >= 0.3 is 0 Å². The lowest BCUT2D eigenvalue weighted by atomic mass is 10.1. The third-order valence-electron chi connectivity index (χ3n) is 5.21. The topological polar surface area (TPSA) is 73.5 Å². The SMILES string of the molecule is CCN(CC)c1cnc(Cl)c2ccc(OC)cc12.COc1ccc2c(Cl)ncc(N)c2c1.[2H]CF. The first-order valence-electron chi connectivity index (χ1n) is 11.2. The summed E-state index contributed by atoms with van der Waals surface area (Å²) in [6.45, 7) is 6.13. The number of pyridine rings is 2. The Morgan fingerprint density at radius 1 is 0.882 bits per heavy atom. The fourth-order valence-corrected chi connectivity index (χ4v) is 3.88. The number of methoxy groups -OCH3 is 2. The third kappa shape index (κ3) is 6.10. The van der Waals surface area contributed by atoms with Crippen molar-refractivity contribution < 1.29 is 15.2 Å². The van der Waals surface area contributed by atoms with Gasteiger partial charge in [-0.25, -0.2) is 9.97 Å². The van der Waals surface area contributed by atoms with Crippen LogP contribution in [0, 0.1) is 0 Å². The van der Waals surface area contributed by atoms with E-state index in [4.69, 9.17) is 39.8 Å². The van der Waals surface area contributed by atoms with Gasteiger partial charge in [0.15, 0.2) is 0 Å². The van der Waals surface area contributed by atoms with E-state index in [2.05, 4.69) is 28.7 Å². The van der Waals surface area contributed by atoms with Gasteiger partial charge in [0, 0.05) is 34.6 Å². The molecule has 0 bridgehead atoms. The van der Waals surface area contributed by atoms with Gasteiger partial charge in [-0.3, -0.25) is 4.39 Å². The van der Waals surface area contributed by atoms with Crippen molar-refractivity contribution in [1.29, 1.82) is 0 Å². The van der Waals surface area contributed by atoms with Gasteiger partial charge in [0.2, 0.25) is 0 Å². The normalized spacial score (nSPS) is 10.5. The van der Waals surface area contributed by atoms with Gasteiger partial charge in [-0.05, 0) is 50.2 Å². The van der Waals surface area contributed by atoms with Gasteiger partial charge in [-0.15, -0.1) is 0 Å². The van der Waals surface area contributed by atoms with Crippen LogP contribution in [0.5, 0.6) is 11.5 Å². The summed E-state index contributed by atoms with van der Waals surface area (Å²) < 4.78 is 25.9. The fraction of sp³-hybridized carbons (Fsp3) is 0.280. The first-order valence-corrected chi connectivity index (χ1v) is 11.2. The lowest BCUT2D eigenvalue weighted by Gasteiger charge is -2.22. The number of nitrogens with two attached hydrogens (primary N) is 1. The van der Waals surface area contributed by atoms with Crippen LogP contribution in [0.4, 0.5) is 15.8 Å². The van der Waals surface area contributed by atoms with Crippen LogP contribution >= 0.6 is 23.2 Å². The molecule has 0 saturated carbocycles. The molecule has 182 valence electrons. The molecule has 2 heterocycles. The molecular formula is C25H29Cl2FN4O2. The van der Waals surface area contributed by atoms with E-state index in [-0.39, 0.29) is 0 Å². The molecule has 0 radical (unpaired) electrons. The molecule has 2 aromatic heterocycles. The van der Waals surface area contributed by atoms with Crippen LogP contribution in [-0.4, -0.2) is 44.4 Å². The van der Waals surface area contributed by atoms with Crippen molar-refractivity contribution in [3.8, 4) is 11.5 Å². The molecule has 4 rings (SSSR count). The molecule has 0 amide bonds. The highest BCUT2D eigenvalue weighted by Gasteiger charge is 2.11. The molecule has 0 aliphatic rings. The predicted octanol–water partition coefficient (Wildman–Crippen LogP) is 6.81. The molecule has 0 spiro atoms. The summed E-state index contributed by atoms with van der Waals surface area (Å²) in [5.74, 6) is 1.59. The van der Waals surface area contributed by atoms with Crippen LogP contribution in [0.3, 0.4) is 0 Å². The summed E-state index contributed by atoms with van der Waals surface area (Å²) in [7, 11) is 2.28. The minimum absolute atomic E-state index is 0.455. The molecule has 0 unspecified atom stereocenters. The average Bonchev–Trinajstić information content (AvgIpc) is 2.88. The quantitative estimate of drug-likeness (QED) is 0.299. The number of ether oxygens (including phenoxy) is 2. The number of rotatable bonds is 5. The Morgan fingerprint density at radius 3 is 1.85 bits per heavy atom. The average molecular weight is 508 g/mol. The largest absolute Gasteiger partial charge is 0.497 e. The van der Waals surface area contributed by atoms with Crippen LogP contribution < -0.4 is 20.1 Å².